The first-order chi connectivity index (χ1) is 12.2. The quantitative estimate of drug-likeness (QED) is 0.686. The van der Waals surface area contributed by atoms with E-state index in [2.05, 4.69) is 0 Å². The van der Waals surface area contributed by atoms with Crippen LogP contribution in [0.3, 0.4) is 0 Å². The van der Waals surface area contributed by atoms with E-state index in [0.717, 1.165) is 11.3 Å². The Morgan fingerprint density at radius 1 is 1.00 bits per heavy atom. The summed E-state index contributed by atoms with van der Waals surface area (Å²) in [5, 5.41) is 0. The summed E-state index contributed by atoms with van der Waals surface area (Å²) >= 11 is 0. The van der Waals surface area contributed by atoms with Gasteiger partial charge < -0.3 is 23.7 Å². The highest BCUT2D eigenvalue weighted by Crippen LogP contribution is 2.24. The number of hydrogen-bond acceptors (Lipinski definition) is 6. The number of methoxy groups -OCH3 is 1. The first-order valence-corrected chi connectivity index (χ1v) is 7.93. The minimum absolute atomic E-state index is 0.0415. The number of benzene rings is 2. The van der Waals surface area contributed by atoms with Crippen molar-refractivity contribution in [2.24, 2.45) is 0 Å². The Kier molecular flexibility index (Phi) is 5.53. The zero-order chi connectivity index (χ0) is 17.5. The van der Waals surface area contributed by atoms with Gasteiger partial charge in [0.05, 0.1) is 13.7 Å². The molecule has 1 unspecified atom stereocenters. The van der Waals surface area contributed by atoms with Crippen LogP contribution >= 0.6 is 0 Å². The van der Waals surface area contributed by atoms with Crippen LogP contribution in [0, 0.1) is 0 Å². The van der Waals surface area contributed by atoms with Crippen molar-refractivity contribution in [3.8, 4) is 11.5 Å². The van der Waals surface area contributed by atoms with Gasteiger partial charge in [0.1, 0.15) is 24.7 Å². The maximum absolute atomic E-state index is 11.5. The second kappa shape index (κ2) is 8.00. The molecule has 1 atom stereocenters. The lowest BCUT2D eigenvalue weighted by molar-refractivity contribution is -0.212. The molecule has 2 aromatic carbocycles. The molecule has 1 fully saturated rings. The van der Waals surface area contributed by atoms with E-state index in [9.17, 15) is 4.79 Å². The topological polar surface area (TPSA) is 63.2 Å². The molecule has 6 nitrogen and oxygen atoms in total. The molecular formula is C19H20O6. The lowest BCUT2D eigenvalue weighted by atomic mass is 10.2. The first kappa shape index (κ1) is 17.3. The van der Waals surface area contributed by atoms with Crippen LogP contribution in [0.25, 0.3) is 0 Å². The second-order valence-corrected chi connectivity index (χ2v) is 5.62. The summed E-state index contributed by atoms with van der Waals surface area (Å²) in [5.41, 5.74) is 1.03. The Morgan fingerprint density at radius 2 is 1.72 bits per heavy atom. The fourth-order valence-electron chi connectivity index (χ4n) is 2.40. The van der Waals surface area contributed by atoms with Crippen molar-refractivity contribution in [3.63, 3.8) is 0 Å². The third-order valence-electron chi connectivity index (χ3n) is 3.70. The molecular weight excluding hydrogens is 324 g/mol. The van der Waals surface area contributed by atoms with Crippen LogP contribution in [0.5, 0.6) is 11.5 Å². The molecule has 1 saturated heterocycles. The van der Waals surface area contributed by atoms with Crippen molar-refractivity contribution >= 4 is 5.97 Å². The SMILES string of the molecule is COc1ccc(OCC2(COCc3ccccc3)OCC(=O)O2)cc1. The van der Waals surface area contributed by atoms with Crippen LogP contribution < -0.4 is 9.47 Å². The summed E-state index contributed by atoms with van der Waals surface area (Å²) in [5.74, 6) is -0.306. The van der Waals surface area contributed by atoms with Gasteiger partial charge in [-0.3, -0.25) is 0 Å². The first-order valence-electron chi connectivity index (χ1n) is 7.93. The maximum Gasteiger partial charge on any atom is 0.334 e. The summed E-state index contributed by atoms with van der Waals surface area (Å²) in [6.45, 7) is 0.413. The van der Waals surface area contributed by atoms with Gasteiger partial charge in [0.15, 0.2) is 6.61 Å². The van der Waals surface area contributed by atoms with Gasteiger partial charge in [-0.1, -0.05) is 30.3 Å². The standard InChI is InChI=1S/C19H20O6/c1-21-16-7-9-17(10-8-16)23-14-19(24-12-18(20)25-19)13-22-11-15-5-3-2-4-6-15/h2-10H,11-14H2,1H3. The second-order valence-electron chi connectivity index (χ2n) is 5.62. The van der Waals surface area contributed by atoms with Gasteiger partial charge in [0, 0.05) is 0 Å². The van der Waals surface area contributed by atoms with Gasteiger partial charge in [-0.05, 0) is 29.8 Å². The largest absolute Gasteiger partial charge is 0.497 e. The van der Waals surface area contributed by atoms with Gasteiger partial charge in [0.25, 0.3) is 5.79 Å². The van der Waals surface area contributed by atoms with Crippen molar-refractivity contribution in [1.29, 1.82) is 0 Å². The van der Waals surface area contributed by atoms with Gasteiger partial charge in [0.2, 0.25) is 0 Å². The zero-order valence-electron chi connectivity index (χ0n) is 14.0. The molecule has 6 heteroatoms. The highest BCUT2D eigenvalue weighted by molar-refractivity contribution is 5.72. The van der Waals surface area contributed by atoms with Crippen LogP contribution in [0.1, 0.15) is 5.56 Å². The number of cyclic esters (lactones) is 1. The Labute approximate surface area is 146 Å². The Hall–Kier alpha value is -2.57. The van der Waals surface area contributed by atoms with E-state index in [1.165, 1.54) is 0 Å². The van der Waals surface area contributed by atoms with Crippen LogP contribution in [0.15, 0.2) is 54.6 Å². The van der Waals surface area contributed by atoms with E-state index in [1.807, 2.05) is 30.3 Å². The summed E-state index contributed by atoms with van der Waals surface area (Å²) in [6, 6.07) is 16.9. The number of hydrogen-bond donors (Lipinski definition) is 0. The average Bonchev–Trinajstić information content (AvgIpc) is 3.02. The molecule has 0 N–H and O–H groups in total. The van der Waals surface area contributed by atoms with E-state index < -0.39 is 11.8 Å². The zero-order valence-corrected chi connectivity index (χ0v) is 14.0. The van der Waals surface area contributed by atoms with Gasteiger partial charge in [-0.25, -0.2) is 4.79 Å². The summed E-state index contributed by atoms with van der Waals surface area (Å²) in [6.07, 6.45) is 0. The van der Waals surface area contributed by atoms with E-state index in [-0.39, 0.29) is 19.8 Å². The van der Waals surface area contributed by atoms with Crippen molar-refractivity contribution in [2.45, 2.75) is 12.4 Å². The normalized spacial score (nSPS) is 19.5. The van der Waals surface area contributed by atoms with E-state index >= 15 is 0 Å². The summed E-state index contributed by atoms with van der Waals surface area (Å²) in [4.78, 5) is 11.5. The fourth-order valence-corrected chi connectivity index (χ4v) is 2.40. The molecule has 3 rings (SSSR count). The molecule has 0 spiro atoms. The Bertz CT molecular complexity index is 685. The molecule has 0 saturated carbocycles. The van der Waals surface area contributed by atoms with Gasteiger partial charge in [-0.15, -0.1) is 0 Å². The molecule has 0 radical (unpaired) electrons. The van der Waals surface area contributed by atoms with Crippen molar-refractivity contribution in [1.82, 2.24) is 0 Å². The Balaban J connectivity index is 1.57. The van der Waals surface area contributed by atoms with Crippen molar-refractivity contribution in [2.75, 3.05) is 26.9 Å². The predicted octanol–water partition coefficient (Wildman–Crippen LogP) is 2.56. The lowest BCUT2D eigenvalue weighted by Gasteiger charge is -2.26. The van der Waals surface area contributed by atoms with E-state index in [0.29, 0.717) is 12.4 Å². The number of ether oxygens (including phenoxy) is 5. The summed E-state index contributed by atoms with van der Waals surface area (Å²) in [7, 11) is 1.60. The van der Waals surface area contributed by atoms with Crippen LogP contribution in [0.4, 0.5) is 0 Å². The van der Waals surface area contributed by atoms with Crippen LogP contribution in [-0.2, 0) is 25.6 Å². The molecule has 25 heavy (non-hydrogen) atoms. The minimum atomic E-state index is -1.23. The summed E-state index contributed by atoms with van der Waals surface area (Å²) < 4.78 is 27.3. The van der Waals surface area contributed by atoms with Crippen molar-refractivity contribution < 1.29 is 28.5 Å². The number of carbonyl (C=O) groups is 1. The third-order valence-corrected chi connectivity index (χ3v) is 3.70. The molecule has 1 aliphatic heterocycles. The molecule has 0 aromatic heterocycles. The fraction of sp³-hybridized carbons (Fsp3) is 0.316. The van der Waals surface area contributed by atoms with Gasteiger partial charge in [-0.2, -0.15) is 0 Å². The highest BCUT2D eigenvalue weighted by atomic mass is 16.8. The Morgan fingerprint density at radius 3 is 2.36 bits per heavy atom. The number of carbonyl (C=O) groups excluding carboxylic acids is 1. The molecule has 0 amide bonds. The third kappa shape index (κ3) is 4.71. The number of rotatable bonds is 8. The predicted molar refractivity (Wildman–Crippen MR) is 89.4 cm³/mol. The van der Waals surface area contributed by atoms with E-state index in [4.69, 9.17) is 23.7 Å². The molecule has 0 bridgehead atoms. The van der Waals surface area contributed by atoms with Crippen LogP contribution in [-0.4, -0.2) is 38.7 Å². The highest BCUT2D eigenvalue weighted by Gasteiger charge is 2.43. The van der Waals surface area contributed by atoms with Crippen molar-refractivity contribution in [3.05, 3.63) is 60.2 Å². The average molecular weight is 344 g/mol. The smallest absolute Gasteiger partial charge is 0.334 e. The number of esters is 1. The lowest BCUT2D eigenvalue weighted by Crippen LogP contribution is -2.42. The molecule has 1 aliphatic rings. The van der Waals surface area contributed by atoms with Crippen LogP contribution in [0.2, 0.25) is 0 Å². The van der Waals surface area contributed by atoms with Gasteiger partial charge >= 0.3 is 5.97 Å². The maximum atomic E-state index is 11.5. The minimum Gasteiger partial charge on any atom is -0.497 e. The molecule has 1 heterocycles. The molecule has 132 valence electrons. The molecule has 0 aliphatic carbocycles. The monoisotopic (exact) mass is 344 g/mol. The molecule has 2 aromatic rings. The van der Waals surface area contributed by atoms with E-state index in [1.54, 1.807) is 31.4 Å².